The van der Waals surface area contributed by atoms with Crippen LogP contribution in [0.25, 0.3) is 0 Å². The lowest BCUT2D eigenvalue weighted by Gasteiger charge is -2.10. The molecule has 1 atom stereocenters. The molecule has 17 heavy (non-hydrogen) atoms. The van der Waals surface area contributed by atoms with Crippen molar-refractivity contribution in [3.05, 3.63) is 29.8 Å². The number of nitrogens with two attached hydrogens (primary N) is 1. The maximum Gasteiger partial charge on any atom is 0.119 e. The lowest BCUT2D eigenvalue weighted by molar-refractivity contribution is 0.0981. The fraction of sp³-hybridized carbons (Fsp3) is 0.571. The molecule has 1 saturated heterocycles. The van der Waals surface area contributed by atoms with Crippen molar-refractivity contribution in [1.29, 1.82) is 0 Å². The fourth-order valence-corrected chi connectivity index (χ4v) is 2.09. The Morgan fingerprint density at radius 3 is 2.76 bits per heavy atom. The maximum atomic E-state index is 5.67. The fourth-order valence-electron chi connectivity index (χ4n) is 2.09. The highest BCUT2D eigenvalue weighted by molar-refractivity contribution is 5.26. The minimum atomic E-state index is 0.471. The van der Waals surface area contributed by atoms with Crippen LogP contribution in [0.1, 0.15) is 31.2 Å². The van der Waals surface area contributed by atoms with Gasteiger partial charge in [0.15, 0.2) is 0 Å². The van der Waals surface area contributed by atoms with Crippen LogP contribution in [0.15, 0.2) is 24.3 Å². The van der Waals surface area contributed by atoms with E-state index >= 15 is 0 Å². The van der Waals surface area contributed by atoms with Crippen LogP contribution in [0.2, 0.25) is 0 Å². The molecule has 0 aromatic heterocycles. The SMILES string of the molecule is NCc1ccc(OCCCC2CCCO2)cc1. The van der Waals surface area contributed by atoms with Crippen molar-refractivity contribution in [2.45, 2.75) is 38.3 Å². The first-order chi connectivity index (χ1) is 8.38. The average Bonchev–Trinajstić information content (AvgIpc) is 2.88. The van der Waals surface area contributed by atoms with E-state index in [2.05, 4.69) is 0 Å². The topological polar surface area (TPSA) is 44.5 Å². The second kappa shape index (κ2) is 6.62. The lowest BCUT2D eigenvalue weighted by Crippen LogP contribution is -2.07. The van der Waals surface area contributed by atoms with Crippen LogP contribution in [-0.2, 0) is 11.3 Å². The summed E-state index contributed by atoms with van der Waals surface area (Å²) in [5.74, 6) is 0.926. The average molecular weight is 235 g/mol. The van der Waals surface area contributed by atoms with E-state index in [1.165, 1.54) is 12.8 Å². The highest BCUT2D eigenvalue weighted by Crippen LogP contribution is 2.17. The first-order valence-electron chi connectivity index (χ1n) is 6.42. The molecule has 2 N–H and O–H groups in total. The van der Waals surface area contributed by atoms with Gasteiger partial charge in [-0.25, -0.2) is 0 Å². The molecular weight excluding hydrogens is 214 g/mol. The molecule has 1 unspecified atom stereocenters. The molecule has 3 heteroatoms. The zero-order valence-corrected chi connectivity index (χ0v) is 10.2. The van der Waals surface area contributed by atoms with Crippen LogP contribution in [0.5, 0.6) is 5.75 Å². The molecule has 0 spiro atoms. The summed E-state index contributed by atoms with van der Waals surface area (Å²) in [4.78, 5) is 0. The van der Waals surface area contributed by atoms with Crippen LogP contribution >= 0.6 is 0 Å². The first kappa shape index (κ1) is 12.4. The molecule has 1 fully saturated rings. The Labute approximate surface area is 103 Å². The number of rotatable bonds is 6. The lowest BCUT2D eigenvalue weighted by atomic mass is 10.1. The summed E-state index contributed by atoms with van der Waals surface area (Å²) in [7, 11) is 0. The Balaban J connectivity index is 1.63. The summed E-state index contributed by atoms with van der Waals surface area (Å²) in [5, 5.41) is 0. The number of ether oxygens (including phenoxy) is 2. The third-order valence-electron chi connectivity index (χ3n) is 3.12. The summed E-state index contributed by atoms with van der Waals surface area (Å²) < 4.78 is 11.2. The molecule has 1 heterocycles. The zero-order valence-electron chi connectivity index (χ0n) is 10.2. The number of benzene rings is 1. The highest BCUT2D eigenvalue weighted by atomic mass is 16.5. The Kier molecular flexibility index (Phi) is 4.83. The molecule has 3 nitrogen and oxygen atoms in total. The van der Waals surface area contributed by atoms with Crippen molar-refractivity contribution in [2.75, 3.05) is 13.2 Å². The quantitative estimate of drug-likeness (QED) is 0.770. The molecular formula is C14H21NO2. The van der Waals surface area contributed by atoms with Gasteiger partial charge in [-0.05, 0) is 43.4 Å². The first-order valence-corrected chi connectivity index (χ1v) is 6.42. The molecule has 0 amide bonds. The van der Waals surface area contributed by atoms with Crippen molar-refractivity contribution in [3.63, 3.8) is 0 Å². The van der Waals surface area contributed by atoms with E-state index < -0.39 is 0 Å². The highest BCUT2D eigenvalue weighted by Gasteiger charge is 2.14. The molecule has 0 bridgehead atoms. The second-order valence-electron chi connectivity index (χ2n) is 4.47. The van der Waals surface area contributed by atoms with Crippen LogP contribution in [-0.4, -0.2) is 19.3 Å². The Morgan fingerprint density at radius 1 is 1.29 bits per heavy atom. The van der Waals surface area contributed by atoms with Crippen molar-refractivity contribution in [1.82, 2.24) is 0 Å². The number of hydrogen-bond donors (Lipinski definition) is 1. The number of hydrogen-bond acceptors (Lipinski definition) is 3. The molecule has 0 aliphatic carbocycles. The van der Waals surface area contributed by atoms with Crippen LogP contribution in [0.4, 0.5) is 0 Å². The molecule has 94 valence electrons. The van der Waals surface area contributed by atoms with E-state index in [4.69, 9.17) is 15.2 Å². The van der Waals surface area contributed by atoms with Gasteiger partial charge in [0.25, 0.3) is 0 Å². The van der Waals surface area contributed by atoms with Crippen molar-refractivity contribution >= 4 is 0 Å². The predicted molar refractivity (Wildman–Crippen MR) is 68.0 cm³/mol. The van der Waals surface area contributed by atoms with Gasteiger partial charge in [0.1, 0.15) is 5.75 Å². The van der Waals surface area contributed by atoms with E-state index in [0.717, 1.165) is 37.4 Å². The zero-order chi connectivity index (χ0) is 11.9. The van der Waals surface area contributed by atoms with Crippen molar-refractivity contribution in [2.24, 2.45) is 5.73 Å². The van der Waals surface area contributed by atoms with Gasteiger partial charge in [-0.2, -0.15) is 0 Å². The standard InChI is InChI=1S/C14H21NO2/c15-11-12-5-7-14(8-6-12)17-10-2-4-13-3-1-9-16-13/h5-8,13H,1-4,9-11,15H2. The van der Waals surface area contributed by atoms with Gasteiger partial charge in [0, 0.05) is 13.2 Å². The van der Waals surface area contributed by atoms with E-state index in [-0.39, 0.29) is 0 Å². The summed E-state index contributed by atoms with van der Waals surface area (Å²) in [5.41, 5.74) is 6.67. The molecule has 2 rings (SSSR count). The van der Waals surface area contributed by atoms with Gasteiger partial charge in [-0.15, -0.1) is 0 Å². The van der Waals surface area contributed by atoms with Crippen LogP contribution in [0.3, 0.4) is 0 Å². The van der Waals surface area contributed by atoms with Gasteiger partial charge in [-0.3, -0.25) is 0 Å². The van der Waals surface area contributed by atoms with Gasteiger partial charge < -0.3 is 15.2 Å². The van der Waals surface area contributed by atoms with Gasteiger partial charge in [0.2, 0.25) is 0 Å². The van der Waals surface area contributed by atoms with Crippen molar-refractivity contribution < 1.29 is 9.47 Å². The van der Waals surface area contributed by atoms with E-state index in [1.807, 2.05) is 24.3 Å². The molecule has 1 aliphatic heterocycles. The molecule has 0 radical (unpaired) electrons. The van der Waals surface area contributed by atoms with Gasteiger partial charge >= 0.3 is 0 Å². The van der Waals surface area contributed by atoms with E-state index in [1.54, 1.807) is 0 Å². The minimum absolute atomic E-state index is 0.471. The molecule has 0 saturated carbocycles. The van der Waals surface area contributed by atoms with Crippen LogP contribution < -0.4 is 10.5 Å². The Hall–Kier alpha value is -1.06. The second-order valence-corrected chi connectivity index (χ2v) is 4.47. The van der Waals surface area contributed by atoms with Gasteiger partial charge in [-0.1, -0.05) is 12.1 Å². The summed E-state index contributed by atoms with van der Waals surface area (Å²) in [6.45, 7) is 2.28. The third kappa shape index (κ3) is 4.02. The smallest absolute Gasteiger partial charge is 0.119 e. The summed E-state index contributed by atoms with van der Waals surface area (Å²) in [6, 6.07) is 7.98. The van der Waals surface area contributed by atoms with Crippen LogP contribution in [0, 0.1) is 0 Å². The van der Waals surface area contributed by atoms with Gasteiger partial charge in [0.05, 0.1) is 12.7 Å². The normalized spacial score (nSPS) is 19.5. The maximum absolute atomic E-state index is 5.67. The summed E-state index contributed by atoms with van der Waals surface area (Å²) >= 11 is 0. The summed E-state index contributed by atoms with van der Waals surface area (Å²) in [6.07, 6.45) is 5.07. The molecule has 1 aromatic carbocycles. The minimum Gasteiger partial charge on any atom is -0.494 e. The largest absolute Gasteiger partial charge is 0.494 e. The Morgan fingerprint density at radius 2 is 2.12 bits per heavy atom. The third-order valence-corrected chi connectivity index (χ3v) is 3.12. The molecule has 1 aliphatic rings. The predicted octanol–water partition coefficient (Wildman–Crippen LogP) is 2.48. The van der Waals surface area contributed by atoms with Crippen molar-refractivity contribution in [3.8, 4) is 5.75 Å². The monoisotopic (exact) mass is 235 g/mol. The van der Waals surface area contributed by atoms with E-state index in [9.17, 15) is 0 Å². The molecule has 1 aromatic rings. The van der Waals surface area contributed by atoms with E-state index in [0.29, 0.717) is 12.6 Å². The Bertz CT molecular complexity index is 317.